The summed E-state index contributed by atoms with van der Waals surface area (Å²) in [7, 11) is 0. The van der Waals surface area contributed by atoms with Gasteiger partial charge in [0.1, 0.15) is 0 Å². The lowest BCUT2D eigenvalue weighted by Gasteiger charge is -2.69. The van der Waals surface area contributed by atoms with Crippen LogP contribution in [0, 0.1) is 10.8 Å². The van der Waals surface area contributed by atoms with E-state index in [-0.39, 0.29) is 19.3 Å². The van der Waals surface area contributed by atoms with Gasteiger partial charge in [0, 0.05) is 5.41 Å². The van der Waals surface area contributed by atoms with Crippen LogP contribution in [0.15, 0.2) is 0 Å². The van der Waals surface area contributed by atoms with Crippen molar-refractivity contribution in [3.8, 4) is 0 Å². The number of hydrogen-bond acceptors (Lipinski definition) is 1. The van der Waals surface area contributed by atoms with Crippen molar-refractivity contribution in [1.82, 2.24) is 0 Å². The topological polar surface area (TPSA) is 37.3 Å². The number of hydrogen-bond donors (Lipinski definition) is 1. The Kier molecular flexibility index (Phi) is 1.09. The molecule has 0 aliphatic heterocycles. The van der Waals surface area contributed by atoms with Crippen molar-refractivity contribution in [2.75, 3.05) is 0 Å². The summed E-state index contributed by atoms with van der Waals surface area (Å²) >= 11 is 0. The van der Waals surface area contributed by atoms with Crippen molar-refractivity contribution in [3.05, 3.63) is 0 Å². The van der Waals surface area contributed by atoms with Crippen LogP contribution in [0.25, 0.3) is 0 Å². The van der Waals surface area contributed by atoms with Gasteiger partial charge in [-0.25, -0.2) is 8.78 Å². The molecule has 0 heterocycles. The number of carboxylic acids is 1. The molecular formula is C8H10F2O2. The van der Waals surface area contributed by atoms with Crippen LogP contribution in [0.3, 0.4) is 0 Å². The van der Waals surface area contributed by atoms with E-state index in [1.54, 1.807) is 0 Å². The first-order valence-corrected chi connectivity index (χ1v) is 3.93. The molecule has 3 fully saturated rings. The number of halogens is 2. The Morgan fingerprint density at radius 1 is 1.42 bits per heavy atom. The molecule has 2 bridgehead atoms. The fraction of sp³-hybridized carbons (Fsp3) is 0.875. The average molecular weight is 176 g/mol. The van der Waals surface area contributed by atoms with E-state index in [0.717, 1.165) is 6.92 Å². The third-order valence-corrected chi connectivity index (χ3v) is 3.42. The molecule has 1 N–H and O–H groups in total. The monoisotopic (exact) mass is 176 g/mol. The van der Waals surface area contributed by atoms with Gasteiger partial charge in [0.25, 0.3) is 5.92 Å². The molecule has 2 nitrogen and oxygen atoms in total. The van der Waals surface area contributed by atoms with Gasteiger partial charge in [0.2, 0.25) is 0 Å². The standard InChI is InChI=1S/C8H10F2O2/c1-6(9,10)8-2-7(3-8,4-8)5(11)12/h2-4H2,1H3,(H,11,12). The van der Waals surface area contributed by atoms with Crippen molar-refractivity contribution in [1.29, 1.82) is 0 Å². The number of rotatable bonds is 2. The summed E-state index contributed by atoms with van der Waals surface area (Å²) in [5, 5.41) is 8.67. The lowest BCUT2D eigenvalue weighted by atomic mass is 9.33. The third kappa shape index (κ3) is 0.619. The van der Waals surface area contributed by atoms with Crippen molar-refractivity contribution in [2.24, 2.45) is 10.8 Å². The maximum atomic E-state index is 12.8. The Morgan fingerprint density at radius 3 is 2.08 bits per heavy atom. The zero-order valence-electron chi connectivity index (χ0n) is 6.73. The Hall–Kier alpha value is -0.670. The predicted molar refractivity (Wildman–Crippen MR) is 37.0 cm³/mol. The first kappa shape index (κ1) is 7.95. The highest BCUT2D eigenvalue weighted by atomic mass is 19.3. The van der Waals surface area contributed by atoms with Gasteiger partial charge in [-0.2, -0.15) is 0 Å². The molecule has 0 aromatic rings. The van der Waals surface area contributed by atoms with E-state index in [9.17, 15) is 13.6 Å². The summed E-state index contributed by atoms with van der Waals surface area (Å²) in [6.45, 7) is 0.887. The second-order valence-electron chi connectivity index (χ2n) is 4.28. The largest absolute Gasteiger partial charge is 0.481 e. The molecule has 3 aliphatic carbocycles. The van der Waals surface area contributed by atoms with Crippen molar-refractivity contribution in [3.63, 3.8) is 0 Å². The van der Waals surface area contributed by atoms with Crippen LogP contribution in [0.4, 0.5) is 8.78 Å². The van der Waals surface area contributed by atoms with E-state index in [0.29, 0.717) is 0 Å². The van der Waals surface area contributed by atoms with E-state index < -0.39 is 22.7 Å². The third-order valence-electron chi connectivity index (χ3n) is 3.42. The van der Waals surface area contributed by atoms with Crippen LogP contribution < -0.4 is 0 Å². The first-order valence-electron chi connectivity index (χ1n) is 3.93. The molecule has 0 unspecified atom stereocenters. The molecule has 3 saturated carbocycles. The Labute approximate surface area is 68.6 Å². The smallest absolute Gasteiger partial charge is 0.309 e. The highest BCUT2D eigenvalue weighted by Gasteiger charge is 2.78. The minimum absolute atomic E-state index is 0.166. The zero-order valence-corrected chi connectivity index (χ0v) is 6.73. The van der Waals surface area contributed by atoms with Crippen LogP contribution in [0.5, 0.6) is 0 Å². The molecule has 68 valence electrons. The van der Waals surface area contributed by atoms with Gasteiger partial charge >= 0.3 is 5.97 Å². The molecule has 0 atom stereocenters. The molecule has 0 radical (unpaired) electrons. The lowest BCUT2D eigenvalue weighted by molar-refractivity contribution is -0.302. The van der Waals surface area contributed by atoms with Gasteiger partial charge in [-0.1, -0.05) is 0 Å². The molecule has 0 aromatic carbocycles. The van der Waals surface area contributed by atoms with Crippen molar-refractivity contribution < 1.29 is 18.7 Å². The normalized spacial score (nSPS) is 44.6. The van der Waals surface area contributed by atoms with Gasteiger partial charge in [0.15, 0.2) is 0 Å². The lowest BCUT2D eigenvalue weighted by Crippen LogP contribution is -2.71. The molecule has 3 aliphatic rings. The average Bonchev–Trinajstić information content (AvgIpc) is 1.46. The maximum absolute atomic E-state index is 12.8. The van der Waals surface area contributed by atoms with E-state index in [4.69, 9.17) is 5.11 Å². The van der Waals surface area contributed by atoms with Crippen molar-refractivity contribution in [2.45, 2.75) is 32.1 Å². The molecule has 0 amide bonds. The van der Waals surface area contributed by atoms with E-state index in [1.165, 1.54) is 0 Å². The minimum atomic E-state index is -2.70. The zero-order chi connectivity index (χ0) is 9.20. The summed E-state index contributed by atoms with van der Waals surface area (Å²) in [5.41, 5.74) is -1.75. The molecule has 3 rings (SSSR count). The summed E-state index contributed by atoms with van der Waals surface area (Å²) in [5.74, 6) is -3.61. The van der Waals surface area contributed by atoms with Gasteiger partial charge < -0.3 is 5.11 Å². The fourth-order valence-corrected chi connectivity index (χ4v) is 2.48. The summed E-state index contributed by atoms with van der Waals surface area (Å²) < 4.78 is 25.7. The fourth-order valence-electron chi connectivity index (χ4n) is 2.48. The first-order chi connectivity index (χ1) is 5.31. The quantitative estimate of drug-likeness (QED) is 0.697. The Balaban J connectivity index is 2.09. The summed E-state index contributed by atoms with van der Waals surface area (Å²) in [6, 6.07) is 0. The number of alkyl halides is 2. The van der Waals surface area contributed by atoms with E-state index in [2.05, 4.69) is 0 Å². The number of carbonyl (C=O) groups is 1. The Morgan fingerprint density at radius 2 is 1.83 bits per heavy atom. The predicted octanol–water partition coefficient (Wildman–Crippen LogP) is 1.90. The highest BCUT2D eigenvalue weighted by molar-refractivity contribution is 5.79. The molecule has 12 heavy (non-hydrogen) atoms. The molecule has 0 saturated heterocycles. The SMILES string of the molecule is CC(F)(F)C12CC(C(=O)O)(C1)C2. The number of aliphatic carboxylic acids is 1. The molecule has 0 spiro atoms. The maximum Gasteiger partial charge on any atom is 0.309 e. The van der Waals surface area contributed by atoms with Gasteiger partial charge in [-0.15, -0.1) is 0 Å². The molecule has 4 heteroatoms. The minimum Gasteiger partial charge on any atom is -0.481 e. The Bertz CT molecular complexity index is 234. The van der Waals surface area contributed by atoms with Gasteiger partial charge in [-0.3, -0.25) is 4.79 Å². The second kappa shape index (κ2) is 1.65. The van der Waals surface area contributed by atoms with Crippen LogP contribution in [0.2, 0.25) is 0 Å². The van der Waals surface area contributed by atoms with Crippen LogP contribution in [-0.4, -0.2) is 17.0 Å². The van der Waals surface area contributed by atoms with Crippen LogP contribution in [0.1, 0.15) is 26.2 Å². The molecular weight excluding hydrogens is 166 g/mol. The highest BCUT2D eigenvalue weighted by Crippen LogP contribution is 2.78. The van der Waals surface area contributed by atoms with Crippen LogP contribution >= 0.6 is 0 Å². The van der Waals surface area contributed by atoms with Crippen molar-refractivity contribution >= 4 is 5.97 Å². The summed E-state index contributed by atoms with van der Waals surface area (Å²) in [6.07, 6.45) is 0.497. The van der Waals surface area contributed by atoms with Gasteiger partial charge in [0.05, 0.1) is 5.41 Å². The summed E-state index contributed by atoms with van der Waals surface area (Å²) in [4.78, 5) is 10.6. The second-order valence-corrected chi connectivity index (χ2v) is 4.28. The van der Waals surface area contributed by atoms with E-state index >= 15 is 0 Å². The number of carboxylic acid groups (broad SMARTS) is 1. The van der Waals surface area contributed by atoms with Crippen LogP contribution in [-0.2, 0) is 4.79 Å². The molecule has 0 aromatic heterocycles. The van der Waals surface area contributed by atoms with Gasteiger partial charge in [-0.05, 0) is 26.2 Å². The van der Waals surface area contributed by atoms with E-state index in [1.807, 2.05) is 0 Å².